The summed E-state index contributed by atoms with van der Waals surface area (Å²) in [5, 5.41) is 0. The lowest BCUT2D eigenvalue weighted by atomic mass is 10.1. The van der Waals surface area contributed by atoms with E-state index >= 15 is 0 Å². The number of imidazole rings is 1. The first-order valence-electron chi connectivity index (χ1n) is 6.31. The standard InChI is InChI=1S/C14H17N3O/c1-18-13-10-11(14-15-6-7-16-14)4-5-12(13)17-8-2-3-9-17/h4-7,10H,2-3,8-9H2,1H3,(H,15,16). The van der Waals surface area contributed by atoms with Crippen LogP contribution < -0.4 is 9.64 Å². The SMILES string of the molecule is COc1cc(-c2ncc[nH]2)ccc1N1CCCC1. The van der Waals surface area contributed by atoms with Gasteiger partial charge in [0, 0.05) is 31.0 Å². The number of hydrogen-bond acceptors (Lipinski definition) is 3. The molecule has 1 aromatic heterocycles. The number of hydrogen-bond donors (Lipinski definition) is 1. The molecule has 4 nitrogen and oxygen atoms in total. The van der Waals surface area contributed by atoms with E-state index in [9.17, 15) is 0 Å². The zero-order valence-electron chi connectivity index (χ0n) is 10.5. The summed E-state index contributed by atoms with van der Waals surface area (Å²) in [6.07, 6.45) is 6.12. The van der Waals surface area contributed by atoms with Crippen LogP contribution in [0.25, 0.3) is 11.4 Å². The molecule has 0 spiro atoms. The highest BCUT2D eigenvalue weighted by Gasteiger charge is 2.17. The van der Waals surface area contributed by atoms with Crippen LogP contribution in [-0.4, -0.2) is 30.2 Å². The van der Waals surface area contributed by atoms with Gasteiger partial charge in [-0.3, -0.25) is 0 Å². The highest BCUT2D eigenvalue weighted by Crippen LogP contribution is 2.33. The number of aromatic amines is 1. The van der Waals surface area contributed by atoms with Crippen molar-refractivity contribution < 1.29 is 4.74 Å². The van der Waals surface area contributed by atoms with Gasteiger partial charge >= 0.3 is 0 Å². The second kappa shape index (κ2) is 4.72. The Bertz CT molecular complexity index is 516. The number of ether oxygens (including phenoxy) is 1. The van der Waals surface area contributed by atoms with Crippen molar-refractivity contribution in [3.63, 3.8) is 0 Å². The lowest BCUT2D eigenvalue weighted by Crippen LogP contribution is -2.18. The Morgan fingerprint density at radius 1 is 1.28 bits per heavy atom. The zero-order valence-corrected chi connectivity index (χ0v) is 10.5. The summed E-state index contributed by atoms with van der Waals surface area (Å²) in [5.41, 5.74) is 2.24. The third-order valence-corrected chi connectivity index (χ3v) is 3.40. The van der Waals surface area contributed by atoms with Crippen LogP contribution in [0.4, 0.5) is 5.69 Å². The topological polar surface area (TPSA) is 41.1 Å². The molecule has 18 heavy (non-hydrogen) atoms. The van der Waals surface area contributed by atoms with Gasteiger partial charge in [-0.05, 0) is 31.0 Å². The summed E-state index contributed by atoms with van der Waals surface area (Å²) >= 11 is 0. The minimum Gasteiger partial charge on any atom is -0.495 e. The van der Waals surface area contributed by atoms with Gasteiger partial charge in [-0.15, -0.1) is 0 Å². The number of H-pyrrole nitrogens is 1. The van der Waals surface area contributed by atoms with E-state index in [1.807, 2.05) is 12.3 Å². The largest absolute Gasteiger partial charge is 0.495 e. The summed E-state index contributed by atoms with van der Waals surface area (Å²) in [7, 11) is 1.72. The summed E-state index contributed by atoms with van der Waals surface area (Å²) in [6.45, 7) is 2.24. The molecule has 1 aliphatic heterocycles. The van der Waals surface area contributed by atoms with E-state index in [0.29, 0.717) is 0 Å². The Labute approximate surface area is 107 Å². The van der Waals surface area contributed by atoms with Gasteiger partial charge in [0.1, 0.15) is 11.6 Å². The Balaban J connectivity index is 1.97. The van der Waals surface area contributed by atoms with Gasteiger partial charge in [0.2, 0.25) is 0 Å². The molecule has 1 N–H and O–H groups in total. The molecule has 3 rings (SSSR count). The van der Waals surface area contributed by atoms with Crippen molar-refractivity contribution in [2.24, 2.45) is 0 Å². The van der Waals surface area contributed by atoms with Gasteiger partial charge in [0.05, 0.1) is 12.8 Å². The van der Waals surface area contributed by atoms with Crippen LogP contribution >= 0.6 is 0 Å². The molecule has 94 valence electrons. The maximum atomic E-state index is 5.51. The van der Waals surface area contributed by atoms with E-state index < -0.39 is 0 Å². The van der Waals surface area contributed by atoms with Crippen molar-refractivity contribution in [3.8, 4) is 17.1 Å². The van der Waals surface area contributed by atoms with Crippen molar-refractivity contribution in [2.75, 3.05) is 25.1 Å². The number of nitrogens with zero attached hydrogens (tertiary/aromatic N) is 2. The molecular weight excluding hydrogens is 226 g/mol. The summed E-state index contributed by atoms with van der Waals surface area (Å²) in [5.74, 6) is 1.80. The molecule has 0 unspecified atom stereocenters. The van der Waals surface area contributed by atoms with E-state index in [1.54, 1.807) is 13.3 Å². The monoisotopic (exact) mass is 243 g/mol. The van der Waals surface area contributed by atoms with Gasteiger partial charge in [-0.25, -0.2) is 4.98 Å². The van der Waals surface area contributed by atoms with Crippen molar-refractivity contribution in [1.82, 2.24) is 9.97 Å². The van der Waals surface area contributed by atoms with Crippen LogP contribution in [0.1, 0.15) is 12.8 Å². The van der Waals surface area contributed by atoms with E-state index in [4.69, 9.17) is 4.74 Å². The van der Waals surface area contributed by atoms with Crippen LogP contribution in [-0.2, 0) is 0 Å². The zero-order chi connectivity index (χ0) is 12.4. The van der Waals surface area contributed by atoms with E-state index in [1.165, 1.54) is 18.5 Å². The molecule has 1 fully saturated rings. The molecule has 1 aliphatic rings. The lowest BCUT2D eigenvalue weighted by molar-refractivity contribution is 0.415. The molecular formula is C14H17N3O. The molecule has 4 heteroatoms. The molecule has 0 saturated carbocycles. The fraction of sp³-hybridized carbons (Fsp3) is 0.357. The van der Waals surface area contributed by atoms with Crippen molar-refractivity contribution in [2.45, 2.75) is 12.8 Å². The Kier molecular flexibility index (Phi) is 2.92. The van der Waals surface area contributed by atoms with E-state index in [-0.39, 0.29) is 0 Å². The van der Waals surface area contributed by atoms with Crippen LogP contribution in [0.5, 0.6) is 5.75 Å². The smallest absolute Gasteiger partial charge is 0.142 e. The normalized spacial score (nSPS) is 15.1. The van der Waals surface area contributed by atoms with Crippen LogP contribution in [0, 0.1) is 0 Å². The Hall–Kier alpha value is -1.97. The van der Waals surface area contributed by atoms with Gasteiger partial charge in [-0.2, -0.15) is 0 Å². The van der Waals surface area contributed by atoms with Crippen LogP contribution in [0.15, 0.2) is 30.6 Å². The highest BCUT2D eigenvalue weighted by atomic mass is 16.5. The molecule has 2 heterocycles. The molecule has 0 radical (unpaired) electrons. The van der Waals surface area contributed by atoms with Gasteiger partial charge in [0.15, 0.2) is 0 Å². The lowest BCUT2D eigenvalue weighted by Gasteiger charge is -2.20. The second-order valence-electron chi connectivity index (χ2n) is 4.52. The first kappa shape index (κ1) is 11.1. The summed E-state index contributed by atoms with van der Waals surface area (Å²) < 4.78 is 5.51. The first-order valence-corrected chi connectivity index (χ1v) is 6.31. The predicted molar refractivity (Wildman–Crippen MR) is 72.0 cm³/mol. The fourth-order valence-electron chi connectivity index (χ4n) is 2.47. The maximum absolute atomic E-state index is 5.51. The van der Waals surface area contributed by atoms with Crippen molar-refractivity contribution in [3.05, 3.63) is 30.6 Å². The molecule has 0 aliphatic carbocycles. The number of aromatic nitrogens is 2. The summed E-state index contributed by atoms with van der Waals surface area (Å²) in [6, 6.07) is 6.27. The maximum Gasteiger partial charge on any atom is 0.142 e. The molecule has 0 amide bonds. The minimum absolute atomic E-state index is 0.876. The molecule has 1 saturated heterocycles. The molecule has 0 bridgehead atoms. The molecule has 1 aromatic carbocycles. The van der Waals surface area contributed by atoms with E-state index in [2.05, 4.69) is 27.0 Å². The average Bonchev–Trinajstić information content (AvgIpc) is 3.11. The number of anilines is 1. The van der Waals surface area contributed by atoms with Crippen LogP contribution in [0.3, 0.4) is 0 Å². The molecule has 2 aromatic rings. The Morgan fingerprint density at radius 2 is 2.11 bits per heavy atom. The first-order chi connectivity index (χ1) is 8.88. The number of methoxy groups -OCH3 is 1. The second-order valence-corrected chi connectivity index (χ2v) is 4.52. The Morgan fingerprint density at radius 3 is 2.78 bits per heavy atom. The van der Waals surface area contributed by atoms with Crippen molar-refractivity contribution in [1.29, 1.82) is 0 Å². The third kappa shape index (κ3) is 1.94. The van der Waals surface area contributed by atoms with Gasteiger partial charge < -0.3 is 14.6 Å². The van der Waals surface area contributed by atoms with E-state index in [0.717, 1.165) is 30.2 Å². The average molecular weight is 243 g/mol. The quantitative estimate of drug-likeness (QED) is 0.901. The highest BCUT2D eigenvalue weighted by molar-refractivity contribution is 5.68. The number of rotatable bonds is 3. The summed E-state index contributed by atoms with van der Waals surface area (Å²) in [4.78, 5) is 9.76. The third-order valence-electron chi connectivity index (χ3n) is 3.40. The van der Waals surface area contributed by atoms with Gasteiger partial charge in [0.25, 0.3) is 0 Å². The fourth-order valence-corrected chi connectivity index (χ4v) is 2.47. The number of nitrogens with one attached hydrogen (secondary N) is 1. The van der Waals surface area contributed by atoms with Crippen molar-refractivity contribution >= 4 is 5.69 Å². The van der Waals surface area contributed by atoms with Gasteiger partial charge in [-0.1, -0.05) is 0 Å². The van der Waals surface area contributed by atoms with Crippen LogP contribution in [0.2, 0.25) is 0 Å². The number of benzene rings is 1. The molecule has 0 atom stereocenters. The predicted octanol–water partition coefficient (Wildman–Crippen LogP) is 2.69. The minimum atomic E-state index is 0.876.